The van der Waals surface area contributed by atoms with Crippen LogP contribution in [0.1, 0.15) is 124 Å². The molecule has 0 aliphatic heterocycles. The van der Waals surface area contributed by atoms with Crippen LogP contribution in [-0.2, 0) is 29.3 Å². The third-order valence-corrected chi connectivity index (χ3v) is 10.7. The van der Waals surface area contributed by atoms with Gasteiger partial charge >= 0.3 is 0 Å². The van der Waals surface area contributed by atoms with Crippen LogP contribution in [0, 0.1) is 11.6 Å². The summed E-state index contributed by atoms with van der Waals surface area (Å²) >= 11 is 21.9. The molecule has 0 bridgehead atoms. The number of aryl methyl sites for hydroxylation is 2. The molecule has 0 saturated heterocycles. The quantitative estimate of drug-likeness (QED) is 0.0378. The Morgan fingerprint density at radius 2 is 0.608 bits per heavy atom. The van der Waals surface area contributed by atoms with Crippen molar-refractivity contribution in [2.75, 3.05) is 0 Å². The zero-order valence-electron chi connectivity index (χ0n) is 29.8. The predicted octanol–water partition coefficient (Wildman–Crippen LogP) is 13.7. The Balaban J connectivity index is 0.000000347. The van der Waals surface area contributed by atoms with E-state index >= 15 is 0 Å². The third kappa shape index (κ3) is 16.4. The van der Waals surface area contributed by atoms with Gasteiger partial charge in [0, 0.05) is 16.5 Å². The van der Waals surface area contributed by atoms with Gasteiger partial charge in [0.15, 0.2) is 0 Å². The van der Waals surface area contributed by atoms with E-state index < -0.39 is 0 Å². The van der Waals surface area contributed by atoms with Crippen molar-refractivity contribution in [1.82, 2.24) is 0 Å². The van der Waals surface area contributed by atoms with Crippen molar-refractivity contribution in [1.29, 1.82) is 0 Å². The molecule has 0 N–H and O–H groups in total. The Hall–Kier alpha value is -2.41. The van der Waals surface area contributed by atoms with Gasteiger partial charge in [-0.2, -0.15) is 0 Å². The summed E-state index contributed by atoms with van der Waals surface area (Å²) in [5, 5.41) is 0. The minimum atomic E-state index is -0.267. The molecule has 7 heteroatoms. The van der Waals surface area contributed by atoms with E-state index in [4.69, 9.17) is 48.9 Å². The Morgan fingerprint density at radius 1 is 0.373 bits per heavy atom. The molecule has 274 valence electrons. The molecule has 0 fully saturated rings. The summed E-state index contributed by atoms with van der Waals surface area (Å²) in [6, 6.07) is 29.1. The predicted molar refractivity (Wildman–Crippen MR) is 227 cm³/mol. The van der Waals surface area contributed by atoms with Gasteiger partial charge in [-0.05, 0) is 83.3 Å². The van der Waals surface area contributed by atoms with Crippen molar-refractivity contribution in [3.63, 3.8) is 0 Å². The van der Waals surface area contributed by atoms with Crippen molar-refractivity contribution < 1.29 is 25.3 Å². The van der Waals surface area contributed by atoms with Crippen LogP contribution in [0.3, 0.4) is 0 Å². The van der Waals surface area contributed by atoms with Gasteiger partial charge in [0.2, 0.25) is 0 Å². The van der Waals surface area contributed by atoms with E-state index in [0.717, 1.165) is 35.1 Å². The molecule has 0 heterocycles. The monoisotopic (exact) mass is 802 g/mol. The van der Waals surface area contributed by atoms with E-state index in [-0.39, 0.29) is 28.1 Å². The first-order valence-corrected chi connectivity index (χ1v) is 19.7. The molecule has 51 heavy (non-hydrogen) atoms. The molecule has 0 spiro atoms. The summed E-state index contributed by atoms with van der Waals surface area (Å²) in [7, 11) is 0. The van der Waals surface area contributed by atoms with Crippen LogP contribution >= 0.6 is 48.9 Å². The summed E-state index contributed by atoms with van der Waals surface area (Å²) in [4.78, 5) is 2.48. The minimum Gasteiger partial charge on any atom is -0.207 e. The molecule has 0 saturated carbocycles. The van der Waals surface area contributed by atoms with Crippen LogP contribution in [0.5, 0.6) is 0 Å². The smallest absolute Gasteiger partial charge is 0.123 e. The molecule has 0 nitrogen and oxygen atoms in total. The fraction of sp³-hybridized carbons (Fsp3) is 0.364. The van der Waals surface area contributed by atoms with Crippen molar-refractivity contribution in [3.8, 4) is 0 Å². The second-order valence-corrected chi connectivity index (χ2v) is 14.4. The number of hydrogen-bond acceptors (Lipinski definition) is 4. The first-order valence-electron chi connectivity index (χ1n) is 18.1. The summed E-state index contributed by atoms with van der Waals surface area (Å²) in [6.45, 7) is 4.49. The average Bonchev–Trinajstić information content (AvgIpc) is 3.14. The number of halogens is 2. The number of rotatable bonds is 20. The molecule has 0 aliphatic carbocycles. The first kappa shape index (κ1) is 44.8. The van der Waals surface area contributed by atoms with Gasteiger partial charge in [0.25, 0.3) is 0 Å². The fourth-order valence-electron chi connectivity index (χ4n) is 5.59. The number of unbranched alkanes of at least 4 members (excludes halogenated alkanes) is 10. The maximum atomic E-state index is 13.0. The van der Waals surface area contributed by atoms with Crippen LogP contribution in [-0.4, -0.2) is 19.5 Å². The zero-order valence-corrected chi connectivity index (χ0v) is 34.1. The molecule has 0 aliphatic rings. The maximum absolute atomic E-state index is 13.0. The van der Waals surface area contributed by atoms with Crippen LogP contribution in [0.2, 0.25) is 0 Å². The molecule has 0 aromatic heterocycles. The average molecular weight is 804 g/mol. The Bertz CT molecular complexity index is 1510. The van der Waals surface area contributed by atoms with Gasteiger partial charge in [-0.3, -0.25) is 0 Å². The standard InChI is InChI=1S/2C22H25FS2.Ni/c2*1-2-3-4-5-6-7-8-17-9-11-18(12-10-17)21(24)22(25)19-13-15-20(23)16-14-19;/h2*9-16H,2-8H2,1H3;. The maximum Gasteiger partial charge on any atom is 0.123 e. The molecule has 0 atom stereocenters. The molecule has 0 amide bonds. The van der Waals surface area contributed by atoms with E-state index in [1.54, 1.807) is 24.3 Å². The van der Waals surface area contributed by atoms with E-state index in [0.29, 0.717) is 19.5 Å². The molecule has 4 aromatic carbocycles. The molecular weight excluding hydrogens is 753 g/mol. The Morgan fingerprint density at radius 3 is 0.882 bits per heavy atom. The van der Waals surface area contributed by atoms with Gasteiger partial charge < -0.3 is 0 Å². The van der Waals surface area contributed by atoms with Crippen molar-refractivity contribution in [3.05, 3.63) is 142 Å². The summed E-state index contributed by atoms with van der Waals surface area (Å²) in [5.41, 5.74) is 6.17. The van der Waals surface area contributed by atoms with Gasteiger partial charge in [-0.1, -0.05) is 200 Å². The Labute approximate surface area is 337 Å². The van der Waals surface area contributed by atoms with Crippen LogP contribution in [0.15, 0.2) is 97.1 Å². The van der Waals surface area contributed by atoms with Crippen LogP contribution in [0.25, 0.3) is 0 Å². The van der Waals surface area contributed by atoms with Crippen molar-refractivity contribution >= 4 is 68.3 Å². The van der Waals surface area contributed by atoms with Gasteiger partial charge in [0.05, 0.1) is 19.5 Å². The summed E-state index contributed by atoms with van der Waals surface area (Å²) < 4.78 is 26.1. The molecular formula is C44H50F2NiS4. The Kier molecular flexibility index (Phi) is 22.4. The van der Waals surface area contributed by atoms with Gasteiger partial charge in [0.1, 0.15) is 11.6 Å². The largest absolute Gasteiger partial charge is 0.207 e. The minimum absolute atomic E-state index is 0. The summed E-state index contributed by atoms with van der Waals surface area (Å²) in [5.74, 6) is -0.534. The van der Waals surface area contributed by atoms with Gasteiger partial charge in [-0.15, -0.1) is 0 Å². The number of thiocarbonyl (C=S) groups is 4. The van der Waals surface area contributed by atoms with Crippen molar-refractivity contribution in [2.45, 2.75) is 104 Å². The normalized spacial score (nSPS) is 10.4. The summed E-state index contributed by atoms with van der Waals surface area (Å²) in [6.07, 6.45) is 18.0. The molecule has 4 rings (SSSR count). The third-order valence-electron chi connectivity index (χ3n) is 8.70. The topological polar surface area (TPSA) is 0 Å². The molecule has 0 radical (unpaired) electrons. The van der Waals surface area contributed by atoms with E-state index in [1.807, 2.05) is 24.3 Å². The van der Waals surface area contributed by atoms with E-state index in [1.165, 1.54) is 112 Å². The van der Waals surface area contributed by atoms with Crippen LogP contribution < -0.4 is 0 Å². The van der Waals surface area contributed by atoms with Crippen molar-refractivity contribution in [2.24, 2.45) is 0 Å². The molecule has 0 unspecified atom stereocenters. The number of hydrogen-bond donors (Lipinski definition) is 0. The SMILES string of the molecule is CCCCCCCCc1ccc(C(=S)C(=S)c2ccc(F)cc2)cc1.CCCCCCCCc1ccc(C(=S)C(=S)c2ccc(F)cc2)cc1.[Ni]. The number of benzene rings is 4. The first-order chi connectivity index (χ1) is 24.2. The van der Waals surface area contributed by atoms with E-state index in [9.17, 15) is 8.78 Å². The fourth-order valence-corrected chi connectivity index (χ4v) is 6.61. The second-order valence-electron chi connectivity index (χ2n) is 12.8. The van der Waals surface area contributed by atoms with Crippen LogP contribution in [0.4, 0.5) is 8.78 Å². The second kappa shape index (κ2) is 25.5. The zero-order chi connectivity index (χ0) is 36.1. The van der Waals surface area contributed by atoms with Gasteiger partial charge in [-0.25, -0.2) is 8.78 Å². The van der Waals surface area contributed by atoms with E-state index in [2.05, 4.69) is 38.1 Å². The molecule has 4 aromatic rings.